The van der Waals surface area contributed by atoms with E-state index in [2.05, 4.69) is 22.5 Å². The predicted octanol–water partition coefficient (Wildman–Crippen LogP) is 5.60. The average molecular weight is 523 g/mol. The number of benzene rings is 1. The van der Waals surface area contributed by atoms with Crippen molar-refractivity contribution >= 4 is 11.8 Å². The lowest BCUT2D eigenvalue weighted by molar-refractivity contribution is -0.136. The first kappa shape index (κ1) is 29.6. The first-order valence-corrected chi connectivity index (χ1v) is 14.4. The van der Waals surface area contributed by atoms with Crippen molar-refractivity contribution < 1.29 is 14.3 Å². The molecule has 1 aliphatic carbocycles. The Balaban J connectivity index is 1.64. The van der Waals surface area contributed by atoms with Crippen LogP contribution in [0.3, 0.4) is 0 Å². The van der Waals surface area contributed by atoms with E-state index in [-0.39, 0.29) is 11.8 Å². The lowest BCUT2D eigenvalue weighted by Crippen LogP contribution is -2.55. The molecule has 0 radical (unpaired) electrons. The van der Waals surface area contributed by atoms with Gasteiger partial charge in [0, 0.05) is 25.7 Å². The summed E-state index contributed by atoms with van der Waals surface area (Å²) in [5, 5.41) is 6.15. The normalized spacial score (nSPS) is 15.4. The highest BCUT2D eigenvalue weighted by molar-refractivity contribution is 5.90. The fourth-order valence-electron chi connectivity index (χ4n) is 5.15. The monoisotopic (exact) mass is 522 g/mol. The number of carbonyl (C=O) groups is 2. The topological polar surface area (TPSA) is 106 Å². The van der Waals surface area contributed by atoms with E-state index in [4.69, 9.17) is 10.5 Å². The maximum Gasteiger partial charge on any atom is 0.242 e. The molecule has 1 heterocycles. The van der Waals surface area contributed by atoms with Crippen LogP contribution in [0.25, 0.3) is 0 Å². The maximum atomic E-state index is 13.4. The molecule has 38 heavy (non-hydrogen) atoms. The van der Waals surface area contributed by atoms with Crippen LogP contribution in [0, 0.1) is 12.3 Å². The van der Waals surface area contributed by atoms with Gasteiger partial charge in [0.25, 0.3) is 0 Å². The number of nitrogens with zero attached hydrogens (tertiary/aromatic N) is 1. The van der Waals surface area contributed by atoms with E-state index >= 15 is 0 Å². The van der Waals surface area contributed by atoms with Gasteiger partial charge in [-0.05, 0) is 56.0 Å². The fourth-order valence-corrected chi connectivity index (χ4v) is 5.15. The Morgan fingerprint density at radius 1 is 1.03 bits per heavy atom. The fraction of sp³-hybridized carbons (Fsp3) is 0.581. The molecule has 4 N–H and O–H groups in total. The van der Waals surface area contributed by atoms with Crippen LogP contribution in [0.1, 0.15) is 88.8 Å². The Hall–Kier alpha value is -2.93. The number of carbonyl (C=O) groups excluding carboxylic acids is 2. The third kappa shape index (κ3) is 8.83. The van der Waals surface area contributed by atoms with E-state index < -0.39 is 11.5 Å². The molecule has 2 aromatic rings. The number of unbranched alkanes of at least 4 members (excludes halogenated alkanes) is 5. The second kappa shape index (κ2) is 15.5. The highest BCUT2D eigenvalue weighted by atomic mass is 16.5. The summed E-state index contributed by atoms with van der Waals surface area (Å²) in [6.07, 6.45) is 13.8. The summed E-state index contributed by atoms with van der Waals surface area (Å²) in [4.78, 5) is 30.9. The number of hydrogen-bond acceptors (Lipinski definition) is 5. The summed E-state index contributed by atoms with van der Waals surface area (Å²) in [6.45, 7) is 5.04. The highest BCUT2D eigenvalue weighted by Crippen LogP contribution is 2.35. The van der Waals surface area contributed by atoms with Gasteiger partial charge in [-0.25, -0.2) is 0 Å². The number of aromatic nitrogens is 1. The zero-order chi connectivity index (χ0) is 27.2. The first-order valence-electron chi connectivity index (χ1n) is 14.4. The van der Waals surface area contributed by atoms with Gasteiger partial charge in [-0.1, -0.05) is 70.4 Å². The van der Waals surface area contributed by atoms with Crippen LogP contribution >= 0.6 is 0 Å². The Morgan fingerprint density at radius 3 is 2.42 bits per heavy atom. The van der Waals surface area contributed by atoms with Crippen LogP contribution in [-0.2, 0) is 16.0 Å². The minimum atomic E-state index is -0.653. The van der Waals surface area contributed by atoms with Gasteiger partial charge in [-0.2, -0.15) is 0 Å². The van der Waals surface area contributed by atoms with Crippen LogP contribution in [0.5, 0.6) is 11.5 Å². The summed E-state index contributed by atoms with van der Waals surface area (Å²) >= 11 is 0. The van der Waals surface area contributed by atoms with E-state index in [1.807, 2.05) is 43.3 Å². The third-order valence-electron chi connectivity index (χ3n) is 7.68. The highest BCUT2D eigenvalue weighted by Gasteiger charge is 2.39. The molecule has 0 spiro atoms. The Labute approximate surface area is 228 Å². The van der Waals surface area contributed by atoms with Gasteiger partial charge < -0.3 is 21.1 Å². The quantitative estimate of drug-likeness (QED) is 0.264. The molecule has 1 aromatic carbocycles. The lowest BCUT2D eigenvalue weighted by Gasteiger charge is -2.36. The maximum absolute atomic E-state index is 13.4. The molecule has 1 atom stereocenters. The van der Waals surface area contributed by atoms with E-state index in [0.29, 0.717) is 31.0 Å². The minimum absolute atomic E-state index is 0.0913. The van der Waals surface area contributed by atoms with E-state index in [1.54, 1.807) is 6.20 Å². The van der Waals surface area contributed by atoms with Crippen LogP contribution < -0.4 is 21.1 Å². The van der Waals surface area contributed by atoms with Gasteiger partial charge in [-0.3, -0.25) is 14.6 Å². The van der Waals surface area contributed by atoms with E-state index in [0.717, 1.165) is 56.2 Å². The van der Waals surface area contributed by atoms with Crippen LogP contribution in [0.15, 0.2) is 42.6 Å². The molecule has 1 fully saturated rings. The molecule has 0 bridgehead atoms. The number of hydrogen-bond donors (Lipinski definition) is 3. The van der Waals surface area contributed by atoms with Crippen molar-refractivity contribution in [2.75, 3.05) is 13.1 Å². The van der Waals surface area contributed by atoms with Crippen molar-refractivity contribution in [1.29, 1.82) is 0 Å². The molecular weight excluding hydrogens is 476 g/mol. The zero-order valence-electron chi connectivity index (χ0n) is 23.3. The third-order valence-corrected chi connectivity index (χ3v) is 7.68. The van der Waals surface area contributed by atoms with Crippen molar-refractivity contribution in [3.8, 4) is 11.5 Å². The zero-order valence-corrected chi connectivity index (χ0v) is 23.3. The summed E-state index contributed by atoms with van der Waals surface area (Å²) in [5.74, 6) is 1.17. The molecule has 0 unspecified atom stereocenters. The Kier molecular flexibility index (Phi) is 12.1. The van der Waals surface area contributed by atoms with Gasteiger partial charge in [0.05, 0.1) is 11.1 Å². The van der Waals surface area contributed by atoms with Gasteiger partial charge >= 0.3 is 0 Å². The Morgan fingerprint density at radius 2 is 1.74 bits per heavy atom. The van der Waals surface area contributed by atoms with Crippen molar-refractivity contribution in [2.45, 2.75) is 96.9 Å². The predicted molar refractivity (Wildman–Crippen MR) is 152 cm³/mol. The SMILES string of the molecule is CCCCCCCCNC(=O)[C@H](Cc1ccc(Oc2cccnc2C)cc1)NC(=O)C1(CN)CCCCC1. The second-order valence-electron chi connectivity index (χ2n) is 10.7. The largest absolute Gasteiger partial charge is 0.455 e. The molecule has 2 amide bonds. The molecule has 1 aliphatic rings. The summed E-state index contributed by atoms with van der Waals surface area (Å²) in [5.41, 5.74) is 7.30. The van der Waals surface area contributed by atoms with E-state index in [1.165, 1.54) is 25.7 Å². The number of aryl methyl sites for hydroxylation is 1. The summed E-state index contributed by atoms with van der Waals surface area (Å²) in [6, 6.07) is 10.7. The van der Waals surface area contributed by atoms with Gasteiger partial charge in [0.1, 0.15) is 17.5 Å². The first-order chi connectivity index (χ1) is 18.5. The number of nitrogens with one attached hydrogen (secondary N) is 2. The number of rotatable bonds is 15. The van der Waals surface area contributed by atoms with Crippen molar-refractivity contribution in [3.63, 3.8) is 0 Å². The van der Waals surface area contributed by atoms with Crippen LogP contribution in [0.4, 0.5) is 0 Å². The van der Waals surface area contributed by atoms with Crippen molar-refractivity contribution in [3.05, 3.63) is 53.9 Å². The van der Waals surface area contributed by atoms with Gasteiger partial charge in [-0.15, -0.1) is 0 Å². The summed E-state index contributed by atoms with van der Waals surface area (Å²) < 4.78 is 5.96. The second-order valence-corrected chi connectivity index (χ2v) is 10.7. The molecule has 3 rings (SSSR count). The van der Waals surface area contributed by atoms with Gasteiger partial charge in [0.2, 0.25) is 11.8 Å². The molecule has 0 saturated heterocycles. The van der Waals surface area contributed by atoms with E-state index in [9.17, 15) is 9.59 Å². The minimum Gasteiger partial charge on any atom is -0.455 e. The van der Waals surface area contributed by atoms with Crippen molar-refractivity contribution in [2.24, 2.45) is 11.1 Å². The number of pyridine rings is 1. The molecule has 1 saturated carbocycles. The Bertz CT molecular complexity index is 1000. The molecule has 7 heteroatoms. The number of ether oxygens (including phenoxy) is 1. The lowest BCUT2D eigenvalue weighted by atomic mass is 9.73. The average Bonchev–Trinajstić information content (AvgIpc) is 2.94. The van der Waals surface area contributed by atoms with Crippen LogP contribution in [-0.4, -0.2) is 35.9 Å². The molecule has 208 valence electrons. The standard InChI is InChI=1S/C31H46N4O3/c1-3-4-5-6-7-11-20-34-29(36)27(35-30(37)31(23-32)18-9-8-10-19-31)22-25-14-16-26(17-15-25)38-28-13-12-21-33-24(28)2/h12-17,21,27H,3-11,18-20,22-23,32H2,1-2H3,(H,34,36)(H,35,37)/t27-/m0/s1. The van der Waals surface area contributed by atoms with Crippen molar-refractivity contribution in [1.82, 2.24) is 15.6 Å². The summed E-state index contributed by atoms with van der Waals surface area (Å²) in [7, 11) is 0. The molecule has 7 nitrogen and oxygen atoms in total. The number of amides is 2. The number of nitrogens with two attached hydrogens (primary N) is 1. The van der Waals surface area contributed by atoms with Crippen LogP contribution in [0.2, 0.25) is 0 Å². The molecular formula is C31H46N4O3. The molecule has 0 aliphatic heterocycles. The van der Waals surface area contributed by atoms with Gasteiger partial charge in [0.15, 0.2) is 0 Å². The molecule has 1 aromatic heterocycles. The smallest absolute Gasteiger partial charge is 0.242 e.